The summed E-state index contributed by atoms with van der Waals surface area (Å²) in [5.74, 6) is 1.11. The van der Waals surface area contributed by atoms with Gasteiger partial charge in [0.05, 0.1) is 16.7 Å². The van der Waals surface area contributed by atoms with E-state index >= 15 is 0 Å². The summed E-state index contributed by atoms with van der Waals surface area (Å²) in [6.45, 7) is 3.78. The molecule has 0 amide bonds. The Hall–Kier alpha value is -1.15. The zero-order chi connectivity index (χ0) is 17.9. The third-order valence-electron chi connectivity index (χ3n) is 4.74. The van der Waals surface area contributed by atoms with Crippen molar-refractivity contribution in [2.45, 2.75) is 19.0 Å². The molecule has 1 unspecified atom stereocenters. The molecule has 0 aliphatic carbocycles. The van der Waals surface area contributed by atoms with Crippen molar-refractivity contribution < 1.29 is 0 Å². The standard InChI is InChI=1S/C19H22ClN5S.2ClH/c1-24-8-7-22-19(24)17-11-21-6-9-25(17)12-16-13-26-18(23-16)10-14-2-4-15(20)5-3-14;;/h2-5,7-8,13,17,21H,6,9-12H2,1H3;2*1H. The van der Waals surface area contributed by atoms with Gasteiger partial charge < -0.3 is 9.88 Å². The Bertz CT molecular complexity index is 865. The smallest absolute Gasteiger partial charge is 0.127 e. The predicted octanol–water partition coefficient (Wildman–Crippen LogP) is 4.11. The molecule has 3 heterocycles. The maximum absolute atomic E-state index is 5.96. The van der Waals surface area contributed by atoms with Gasteiger partial charge in [0.25, 0.3) is 0 Å². The molecule has 0 bridgehead atoms. The summed E-state index contributed by atoms with van der Waals surface area (Å²) in [6.07, 6.45) is 4.73. The van der Waals surface area contributed by atoms with Crippen molar-refractivity contribution in [2.24, 2.45) is 7.05 Å². The van der Waals surface area contributed by atoms with Crippen molar-refractivity contribution >= 4 is 47.8 Å². The van der Waals surface area contributed by atoms with Crippen molar-refractivity contribution in [2.75, 3.05) is 19.6 Å². The van der Waals surface area contributed by atoms with Gasteiger partial charge in [0, 0.05) is 62.4 Å². The number of hydrogen-bond donors (Lipinski definition) is 1. The number of hydrogen-bond acceptors (Lipinski definition) is 5. The van der Waals surface area contributed by atoms with E-state index in [2.05, 4.69) is 44.3 Å². The first kappa shape index (κ1) is 23.1. The van der Waals surface area contributed by atoms with Crippen LogP contribution in [-0.4, -0.2) is 39.1 Å². The number of piperazine rings is 1. The summed E-state index contributed by atoms with van der Waals surface area (Å²) in [4.78, 5) is 11.9. The molecule has 1 atom stereocenters. The number of imidazole rings is 1. The van der Waals surface area contributed by atoms with Gasteiger partial charge in [-0.25, -0.2) is 9.97 Å². The average molecular weight is 461 g/mol. The number of aromatic nitrogens is 3. The maximum atomic E-state index is 5.96. The van der Waals surface area contributed by atoms with E-state index < -0.39 is 0 Å². The third kappa shape index (κ3) is 5.47. The van der Waals surface area contributed by atoms with Gasteiger partial charge in [-0.1, -0.05) is 23.7 Å². The SMILES string of the molecule is Cl.Cl.Cn1ccnc1C1CNCCN1Cc1csc(Cc2ccc(Cl)cc2)n1. The summed E-state index contributed by atoms with van der Waals surface area (Å²) in [7, 11) is 2.06. The minimum Gasteiger partial charge on any atom is -0.337 e. The fourth-order valence-corrected chi connectivity index (χ4v) is 4.32. The summed E-state index contributed by atoms with van der Waals surface area (Å²) in [5.41, 5.74) is 2.38. The molecule has 1 aromatic carbocycles. The average Bonchev–Trinajstić information content (AvgIpc) is 3.26. The molecule has 1 N–H and O–H groups in total. The molecule has 1 aliphatic rings. The summed E-state index contributed by atoms with van der Waals surface area (Å²) in [6, 6.07) is 8.28. The van der Waals surface area contributed by atoms with Crippen LogP contribution >= 0.6 is 47.8 Å². The van der Waals surface area contributed by atoms with Crippen molar-refractivity contribution in [3.63, 3.8) is 0 Å². The first-order valence-electron chi connectivity index (χ1n) is 8.79. The lowest BCUT2D eigenvalue weighted by Crippen LogP contribution is -2.46. The first-order valence-corrected chi connectivity index (χ1v) is 10.0. The summed E-state index contributed by atoms with van der Waals surface area (Å²) >= 11 is 7.70. The quantitative estimate of drug-likeness (QED) is 0.622. The Balaban J connectivity index is 0.00000140. The summed E-state index contributed by atoms with van der Waals surface area (Å²) < 4.78 is 2.11. The molecule has 1 aliphatic heterocycles. The Morgan fingerprint density at radius 3 is 2.75 bits per heavy atom. The van der Waals surface area contributed by atoms with Crippen LogP contribution in [-0.2, 0) is 20.0 Å². The molecule has 152 valence electrons. The van der Waals surface area contributed by atoms with E-state index in [1.165, 1.54) is 5.56 Å². The Morgan fingerprint density at radius 1 is 1.25 bits per heavy atom. The van der Waals surface area contributed by atoms with E-state index in [1.54, 1.807) is 11.3 Å². The van der Waals surface area contributed by atoms with E-state index in [0.29, 0.717) is 0 Å². The lowest BCUT2D eigenvalue weighted by molar-refractivity contribution is 0.143. The lowest BCUT2D eigenvalue weighted by Gasteiger charge is -2.35. The number of aryl methyl sites for hydroxylation is 1. The van der Waals surface area contributed by atoms with Crippen molar-refractivity contribution in [1.29, 1.82) is 0 Å². The number of thiazole rings is 1. The Kier molecular flexibility index (Phi) is 8.74. The second-order valence-electron chi connectivity index (χ2n) is 6.62. The van der Waals surface area contributed by atoms with Crippen molar-refractivity contribution in [1.82, 2.24) is 24.8 Å². The van der Waals surface area contributed by atoms with Crippen LogP contribution in [0.15, 0.2) is 42.0 Å². The molecule has 9 heteroatoms. The van der Waals surface area contributed by atoms with Crippen LogP contribution in [0, 0.1) is 0 Å². The molecule has 0 radical (unpaired) electrons. The summed E-state index contributed by atoms with van der Waals surface area (Å²) in [5, 5.41) is 7.58. The van der Waals surface area contributed by atoms with E-state index in [4.69, 9.17) is 16.6 Å². The number of benzene rings is 1. The molecule has 0 spiro atoms. The molecule has 0 saturated carbocycles. The van der Waals surface area contributed by atoms with Crippen LogP contribution in [0.2, 0.25) is 5.02 Å². The van der Waals surface area contributed by atoms with Gasteiger partial charge in [-0.2, -0.15) is 0 Å². The number of halogens is 3. The predicted molar refractivity (Wildman–Crippen MR) is 120 cm³/mol. The fraction of sp³-hybridized carbons (Fsp3) is 0.368. The van der Waals surface area contributed by atoms with Crippen LogP contribution < -0.4 is 5.32 Å². The zero-order valence-corrected chi connectivity index (χ0v) is 18.8. The second kappa shape index (κ2) is 10.6. The van der Waals surface area contributed by atoms with Gasteiger partial charge in [0.1, 0.15) is 5.82 Å². The minimum atomic E-state index is 0. The maximum Gasteiger partial charge on any atom is 0.127 e. The Morgan fingerprint density at radius 2 is 2.04 bits per heavy atom. The van der Waals surface area contributed by atoms with E-state index in [-0.39, 0.29) is 30.9 Å². The van der Waals surface area contributed by atoms with Gasteiger partial charge >= 0.3 is 0 Å². The topological polar surface area (TPSA) is 46.0 Å². The van der Waals surface area contributed by atoms with Gasteiger partial charge in [-0.05, 0) is 17.7 Å². The highest BCUT2D eigenvalue weighted by Gasteiger charge is 2.27. The molecule has 5 nitrogen and oxygen atoms in total. The largest absolute Gasteiger partial charge is 0.337 e. The van der Waals surface area contributed by atoms with Crippen LogP contribution in [0.4, 0.5) is 0 Å². The number of nitrogens with one attached hydrogen (secondary N) is 1. The van der Waals surface area contributed by atoms with E-state index in [1.807, 2.05) is 24.5 Å². The lowest BCUT2D eigenvalue weighted by atomic mass is 10.1. The van der Waals surface area contributed by atoms with Crippen LogP contribution in [0.1, 0.15) is 28.1 Å². The third-order valence-corrected chi connectivity index (χ3v) is 5.89. The van der Waals surface area contributed by atoms with Crippen molar-refractivity contribution in [3.05, 3.63) is 69.2 Å². The highest BCUT2D eigenvalue weighted by molar-refractivity contribution is 7.09. The highest BCUT2D eigenvalue weighted by atomic mass is 35.5. The second-order valence-corrected chi connectivity index (χ2v) is 8.00. The monoisotopic (exact) mass is 459 g/mol. The molecule has 3 aromatic rings. The van der Waals surface area contributed by atoms with Gasteiger partial charge in [-0.3, -0.25) is 4.90 Å². The number of rotatable bonds is 5. The molecule has 1 fully saturated rings. The molecule has 2 aromatic heterocycles. The Labute approximate surface area is 187 Å². The molecular weight excluding hydrogens is 437 g/mol. The molecule has 4 rings (SSSR count). The van der Waals surface area contributed by atoms with Gasteiger partial charge in [-0.15, -0.1) is 36.2 Å². The van der Waals surface area contributed by atoms with Gasteiger partial charge in [0.2, 0.25) is 0 Å². The molecular formula is C19H24Cl3N5S. The fourth-order valence-electron chi connectivity index (χ4n) is 3.38. The minimum absolute atomic E-state index is 0. The van der Waals surface area contributed by atoms with Crippen LogP contribution in [0.3, 0.4) is 0 Å². The molecule has 28 heavy (non-hydrogen) atoms. The normalized spacial score (nSPS) is 17.0. The zero-order valence-electron chi connectivity index (χ0n) is 15.5. The van der Waals surface area contributed by atoms with Crippen molar-refractivity contribution in [3.8, 4) is 0 Å². The van der Waals surface area contributed by atoms with E-state index in [9.17, 15) is 0 Å². The molecule has 1 saturated heterocycles. The van der Waals surface area contributed by atoms with Crippen LogP contribution in [0.5, 0.6) is 0 Å². The van der Waals surface area contributed by atoms with E-state index in [0.717, 1.165) is 54.1 Å². The highest BCUT2D eigenvalue weighted by Crippen LogP contribution is 2.24. The first-order chi connectivity index (χ1) is 12.7. The number of nitrogens with zero attached hydrogens (tertiary/aromatic N) is 4. The van der Waals surface area contributed by atoms with Crippen LogP contribution in [0.25, 0.3) is 0 Å². The van der Waals surface area contributed by atoms with Gasteiger partial charge in [0.15, 0.2) is 0 Å².